The van der Waals surface area contributed by atoms with Gasteiger partial charge in [0.15, 0.2) is 0 Å². The van der Waals surface area contributed by atoms with E-state index in [1.165, 1.54) is 6.92 Å². The van der Waals surface area contributed by atoms with Crippen LogP contribution >= 0.6 is 11.8 Å². The number of nitrogens with zero attached hydrogens (tertiary/aromatic N) is 1. The van der Waals surface area contributed by atoms with Gasteiger partial charge in [0, 0.05) is 18.7 Å². The molecule has 0 aromatic heterocycles. The molecule has 1 atom stereocenters. The molecule has 1 aromatic rings. The number of carboxylic acid groups (broad SMARTS) is 1. The maximum absolute atomic E-state index is 11.5. The Kier molecular flexibility index (Phi) is 5.51. The van der Waals surface area contributed by atoms with Crippen molar-refractivity contribution < 1.29 is 24.3 Å². The summed E-state index contributed by atoms with van der Waals surface area (Å²) in [5.41, 5.74) is 0.871. The summed E-state index contributed by atoms with van der Waals surface area (Å²) in [7, 11) is 0. The second kappa shape index (κ2) is 6.73. The molecule has 0 aliphatic rings. The zero-order chi connectivity index (χ0) is 16.2. The number of imide groups is 1. The van der Waals surface area contributed by atoms with Crippen LogP contribution in [-0.4, -0.2) is 32.9 Å². The van der Waals surface area contributed by atoms with Gasteiger partial charge in [-0.2, -0.15) is 5.06 Å². The summed E-state index contributed by atoms with van der Waals surface area (Å²) in [4.78, 5) is 38.4. The third kappa shape index (κ3) is 4.30. The summed E-state index contributed by atoms with van der Waals surface area (Å²) in [6.07, 6.45) is 0. The van der Waals surface area contributed by atoms with Crippen molar-refractivity contribution in [3.05, 3.63) is 29.8 Å². The SMILES string of the molecule is CC(=O)N(OC(C)(Sc1ccccc1C)C(=O)O)C(C)=O. The normalized spacial score (nSPS) is 13.3. The number of hydrogen-bond donors (Lipinski definition) is 1. The summed E-state index contributed by atoms with van der Waals surface area (Å²) in [5, 5.41) is 9.86. The van der Waals surface area contributed by atoms with Crippen molar-refractivity contribution in [2.75, 3.05) is 0 Å². The number of carboxylic acids is 1. The van der Waals surface area contributed by atoms with Crippen LogP contribution in [0.15, 0.2) is 29.2 Å². The minimum absolute atomic E-state index is 0.458. The van der Waals surface area contributed by atoms with Gasteiger partial charge in [-0.15, -0.1) is 0 Å². The fourth-order valence-corrected chi connectivity index (χ4v) is 2.50. The van der Waals surface area contributed by atoms with Crippen LogP contribution in [0, 0.1) is 6.92 Å². The summed E-state index contributed by atoms with van der Waals surface area (Å²) in [6, 6.07) is 7.18. The van der Waals surface area contributed by atoms with E-state index in [1.54, 1.807) is 12.1 Å². The average Bonchev–Trinajstić information content (AvgIpc) is 2.38. The maximum Gasteiger partial charge on any atom is 0.349 e. The first-order valence-electron chi connectivity index (χ1n) is 6.16. The molecule has 1 aromatic carbocycles. The van der Waals surface area contributed by atoms with Crippen molar-refractivity contribution in [3.8, 4) is 0 Å². The quantitative estimate of drug-likeness (QED) is 0.510. The van der Waals surface area contributed by atoms with Gasteiger partial charge in [-0.25, -0.2) is 9.63 Å². The Morgan fingerprint density at radius 3 is 2.14 bits per heavy atom. The largest absolute Gasteiger partial charge is 0.478 e. The monoisotopic (exact) mass is 311 g/mol. The number of carbonyl (C=O) groups is 3. The highest BCUT2D eigenvalue weighted by Gasteiger charge is 2.41. The predicted octanol–water partition coefficient (Wildman–Crippen LogP) is 2.21. The number of aliphatic carboxylic acids is 1. The van der Waals surface area contributed by atoms with Crippen LogP contribution in [0.1, 0.15) is 26.3 Å². The number of amides is 2. The number of hydrogen-bond acceptors (Lipinski definition) is 5. The summed E-state index contributed by atoms with van der Waals surface area (Å²) in [5.74, 6) is -2.65. The van der Waals surface area contributed by atoms with Gasteiger partial charge in [0.05, 0.1) is 0 Å². The summed E-state index contributed by atoms with van der Waals surface area (Å²) in [6.45, 7) is 5.38. The van der Waals surface area contributed by atoms with Crippen molar-refractivity contribution in [1.29, 1.82) is 0 Å². The molecule has 0 aliphatic carbocycles. The first-order valence-corrected chi connectivity index (χ1v) is 6.97. The summed E-state index contributed by atoms with van der Waals surface area (Å²) >= 11 is 0.921. The highest BCUT2D eigenvalue weighted by atomic mass is 32.2. The van der Waals surface area contributed by atoms with Gasteiger partial charge in [-0.05, 0) is 25.5 Å². The Balaban J connectivity index is 3.09. The van der Waals surface area contributed by atoms with Crippen molar-refractivity contribution in [2.45, 2.75) is 37.5 Å². The lowest BCUT2D eigenvalue weighted by Gasteiger charge is -2.29. The predicted molar refractivity (Wildman–Crippen MR) is 77.4 cm³/mol. The molecular formula is C14H17NO5S. The van der Waals surface area contributed by atoms with Gasteiger partial charge in [0.1, 0.15) is 0 Å². The van der Waals surface area contributed by atoms with Crippen LogP contribution < -0.4 is 0 Å². The topological polar surface area (TPSA) is 83.9 Å². The number of thioether (sulfide) groups is 1. The molecule has 1 unspecified atom stereocenters. The van der Waals surface area contributed by atoms with Gasteiger partial charge >= 0.3 is 5.97 Å². The van der Waals surface area contributed by atoms with E-state index in [-0.39, 0.29) is 0 Å². The molecule has 0 saturated carbocycles. The fraction of sp³-hybridized carbons (Fsp3) is 0.357. The molecule has 0 bridgehead atoms. The molecule has 0 fully saturated rings. The zero-order valence-electron chi connectivity index (χ0n) is 12.2. The average molecular weight is 311 g/mol. The fourth-order valence-electron chi connectivity index (χ4n) is 1.51. The molecule has 2 amide bonds. The lowest BCUT2D eigenvalue weighted by atomic mass is 10.2. The molecule has 0 heterocycles. The zero-order valence-corrected chi connectivity index (χ0v) is 13.1. The first kappa shape index (κ1) is 17.2. The van der Waals surface area contributed by atoms with Gasteiger partial charge < -0.3 is 5.11 Å². The van der Waals surface area contributed by atoms with Crippen molar-refractivity contribution >= 4 is 29.5 Å². The van der Waals surface area contributed by atoms with Gasteiger partial charge in [-0.1, -0.05) is 30.0 Å². The second-order valence-corrected chi connectivity index (χ2v) is 5.97. The van der Waals surface area contributed by atoms with Crippen LogP contribution in [0.2, 0.25) is 0 Å². The number of rotatable bonds is 5. The smallest absolute Gasteiger partial charge is 0.349 e. The van der Waals surface area contributed by atoms with Crippen LogP contribution in [0.3, 0.4) is 0 Å². The second-order valence-electron chi connectivity index (χ2n) is 4.54. The standard InChI is InChI=1S/C14H17NO5S/c1-9-7-5-6-8-12(9)21-14(4,13(18)19)20-15(10(2)16)11(3)17/h5-8H,1-4H3,(H,18,19). The molecule has 21 heavy (non-hydrogen) atoms. The Bertz CT molecular complexity index is 560. The third-order valence-electron chi connectivity index (χ3n) is 2.62. The number of benzene rings is 1. The van der Waals surface area contributed by atoms with E-state index in [1.807, 2.05) is 19.1 Å². The van der Waals surface area contributed by atoms with Crippen molar-refractivity contribution in [2.24, 2.45) is 0 Å². The minimum Gasteiger partial charge on any atom is -0.478 e. The van der Waals surface area contributed by atoms with E-state index in [2.05, 4.69) is 0 Å². The molecule has 0 saturated heterocycles. The lowest BCUT2D eigenvalue weighted by molar-refractivity contribution is -0.216. The number of carbonyl (C=O) groups excluding carboxylic acids is 2. The Hall–Kier alpha value is -1.86. The Labute approximate surface area is 127 Å². The molecule has 1 N–H and O–H groups in total. The van der Waals surface area contributed by atoms with Crippen molar-refractivity contribution in [1.82, 2.24) is 5.06 Å². The molecule has 6 nitrogen and oxygen atoms in total. The first-order chi connectivity index (χ1) is 9.67. The molecule has 0 aliphatic heterocycles. The molecule has 0 spiro atoms. The van der Waals surface area contributed by atoms with Gasteiger partial charge in [-0.3, -0.25) is 9.59 Å². The van der Waals surface area contributed by atoms with Crippen LogP contribution in [0.5, 0.6) is 0 Å². The van der Waals surface area contributed by atoms with E-state index in [0.29, 0.717) is 9.96 Å². The number of aryl methyl sites for hydroxylation is 1. The Morgan fingerprint density at radius 2 is 1.71 bits per heavy atom. The van der Waals surface area contributed by atoms with Crippen molar-refractivity contribution in [3.63, 3.8) is 0 Å². The molecular weight excluding hydrogens is 294 g/mol. The minimum atomic E-state index is -1.80. The van der Waals surface area contributed by atoms with E-state index in [4.69, 9.17) is 4.84 Å². The van der Waals surface area contributed by atoms with E-state index in [9.17, 15) is 19.5 Å². The highest BCUT2D eigenvalue weighted by molar-refractivity contribution is 8.01. The van der Waals surface area contributed by atoms with Crippen LogP contribution in [-0.2, 0) is 19.2 Å². The van der Waals surface area contributed by atoms with E-state index < -0.39 is 22.7 Å². The third-order valence-corrected chi connectivity index (χ3v) is 3.94. The van der Waals surface area contributed by atoms with Crippen LogP contribution in [0.4, 0.5) is 0 Å². The number of hydroxylamine groups is 2. The molecule has 1 rings (SSSR count). The molecule has 114 valence electrons. The highest BCUT2D eigenvalue weighted by Crippen LogP contribution is 2.36. The maximum atomic E-state index is 11.5. The summed E-state index contributed by atoms with van der Waals surface area (Å²) < 4.78 is 0. The molecule has 0 radical (unpaired) electrons. The van der Waals surface area contributed by atoms with Gasteiger partial charge in [0.2, 0.25) is 16.7 Å². The van der Waals surface area contributed by atoms with Crippen LogP contribution in [0.25, 0.3) is 0 Å². The van der Waals surface area contributed by atoms with Gasteiger partial charge in [0.25, 0.3) is 0 Å². The van der Waals surface area contributed by atoms with E-state index in [0.717, 1.165) is 31.2 Å². The van der Waals surface area contributed by atoms with E-state index >= 15 is 0 Å². The molecule has 7 heteroatoms. The lowest BCUT2D eigenvalue weighted by Crippen LogP contribution is -2.45. The Morgan fingerprint density at radius 1 is 1.19 bits per heavy atom.